The molecule has 1 saturated carbocycles. The Morgan fingerprint density at radius 3 is 2.34 bits per heavy atom. The molecule has 0 unspecified atom stereocenters. The van der Waals surface area contributed by atoms with Crippen LogP contribution in [-0.4, -0.2) is 42.4 Å². The molecule has 3 rings (SSSR count). The summed E-state index contributed by atoms with van der Waals surface area (Å²) in [4.78, 5) is 38.3. The number of hydrogen-bond acceptors (Lipinski definition) is 4. The summed E-state index contributed by atoms with van der Waals surface area (Å²) in [5, 5.41) is 2.93. The van der Waals surface area contributed by atoms with Crippen molar-refractivity contribution in [1.82, 2.24) is 4.90 Å². The van der Waals surface area contributed by atoms with Gasteiger partial charge in [0, 0.05) is 31.1 Å². The quantitative estimate of drug-likeness (QED) is 0.707. The molecule has 1 aromatic rings. The van der Waals surface area contributed by atoms with E-state index in [4.69, 9.17) is 4.74 Å². The lowest BCUT2D eigenvalue weighted by Crippen LogP contribution is -2.43. The van der Waals surface area contributed by atoms with Crippen molar-refractivity contribution in [3.63, 3.8) is 0 Å². The van der Waals surface area contributed by atoms with Crippen molar-refractivity contribution in [2.75, 3.05) is 25.0 Å². The predicted octanol–water partition coefficient (Wildman–Crippen LogP) is 3.77. The number of piperidine rings is 1. The summed E-state index contributed by atoms with van der Waals surface area (Å²) >= 11 is 0. The van der Waals surface area contributed by atoms with Crippen LogP contribution in [0.1, 0.15) is 57.8 Å². The van der Waals surface area contributed by atoms with Gasteiger partial charge in [-0.15, -0.1) is 0 Å². The highest BCUT2D eigenvalue weighted by atomic mass is 16.5. The third-order valence-electron chi connectivity index (χ3n) is 6.10. The van der Waals surface area contributed by atoms with Gasteiger partial charge in [-0.3, -0.25) is 14.4 Å². The van der Waals surface area contributed by atoms with Crippen LogP contribution in [0.4, 0.5) is 5.69 Å². The van der Waals surface area contributed by atoms with Crippen molar-refractivity contribution < 1.29 is 19.1 Å². The Kier molecular flexibility index (Phi) is 8.08. The van der Waals surface area contributed by atoms with E-state index in [-0.39, 0.29) is 30.3 Å². The molecule has 0 spiro atoms. The molecule has 0 aromatic heterocycles. The zero-order valence-corrected chi connectivity index (χ0v) is 17.1. The van der Waals surface area contributed by atoms with Crippen molar-refractivity contribution in [3.8, 4) is 0 Å². The first kappa shape index (κ1) is 21.3. The first-order valence-corrected chi connectivity index (χ1v) is 10.9. The molecule has 0 radical (unpaired) electrons. The number of nitrogens with zero attached hydrogens (tertiary/aromatic N) is 1. The van der Waals surface area contributed by atoms with Gasteiger partial charge in [-0.2, -0.15) is 0 Å². The summed E-state index contributed by atoms with van der Waals surface area (Å²) < 4.78 is 5.19. The molecule has 6 heteroatoms. The Morgan fingerprint density at radius 1 is 0.966 bits per heavy atom. The van der Waals surface area contributed by atoms with Gasteiger partial charge in [-0.05, 0) is 37.3 Å². The Morgan fingerprint density at radius 2 is 1.66 bits per heavy atom. The summed E-state index contributed by atoms with van der Waals surface area (Å²) in [5.41, 5.74) is 0.788. The lowest BCUT2D eigenvalue weighted by Gasteiger charge is -2.31. The Balaban J connectivity index is 1.32. The maximum Gasteiger partial charge on any atom is 0.306 e. The maximum atomic E-state index is 12.4. The number of benzene rings is 1. The second-order valence-corrected chi connectivity index (χ2v) is 8.21. The molecule has 0 atom stereocenters. The van der Waals surface area contributed by atoms with Gasteiger partial charge in [-0.25, -0.2) is 0 Å². The molecule has 1 N–H and O–H groups in total. The van der Waals surface area contributed by atoms with Crippen LogP contribution in [0.3, 0.4) is 0 Å². The van der Waals surface area contributed by atoms with Gasteiger partial charge in [0.25, 0.3) is 5.91 Å². The van der Waals surface area contributed by atoms with Crippen LogP contribution in [0.25, 0.3) is 0 Å². The third-order valence-corrected chi connectivity index (χ3v) is 6.10. The van der Waals surface area contributed by atoms with Crippen LogP contribution >= 0.6 is 0 Å². The molecule has 1 heterocycles. The fourth-order valence-electron chi connectivity index (χ4n) is 4.26. The van der Waals surface area contributed by atoms with Crippen LogP contribution < -0.4 is 5.32 Å². The average molecular weight is 401 g/mol. The first-order chi connectivity index (χ1) is 14.1. The van der Waals surface area contributed by atoms with Crippen LogP contribution in [0, 0.1) is 11.8 Å². The number of carbonyl (C=O) groups excluding carboxylic acids is 3. The molecule has 0 bridgehead atoms. The number of amides is 2. The summed E-state index contributed by atoms with van der Waals surface area (Å²) in [5.74, 6) is 0.0850. The molecule has 29 heavy (non-hydrogen) atoms. The number of anilines is 1. The van der Waals surface area contributed by atoms with E-state index >= 15 is 0 Å². The van der Waals surface area contributed by atoms with Crippen molar-refractivity contribution in [1.29, 1.82) is 0 Å². The van der Waals surface area contributed by atoms with Gasteiger partial charge in [0.1, 0.15) is 0 Å². The van der Waals surface area contributed by atoms with E-state index in [1.165, 1.54) is 32.1 Å². The number of rotatable bonds is 7. The van der Waals surface area contributed by atoms with Crippen LogP contribution in [0.5, 0.6) is 0 Å². The number of esters is 1. The predicted molar refractivity (Wildman–Crippen MR) is 111 cm³/mol. The monoisotopic (exact) mass is 400 g/mol. The largest absolute Gasteiger partial charge is 0.456 e. The number of ether oxygens (including phenoxy) is 1. The van der Waals surface area contributed by atoms with Crippen LogP contribution in [0.2, 0.25) is 0 Å². The minimum atomic E-state index is -0.277. The van der Waals surface area contributed by atoms with Gasteiger partial charge >= 0.3 is 5.97 Å². The van der Waals surface area contributed by atoms with Gasteiger partial charge in [0.2, 0.25) is 5.91 Å². The SMILES string of the molecule is O=C(CCC1CCCCC1)OCC(=O)N1CCC(C(=O)Nc2ccccc2)CC1. The molecule has 6 nitrogen and oxygen atoms in total. The maximum absolute atomic E-state index is 12.4. The van der Waals surface area contributed by atoms with Crippen molar-refractivity contribution in [3.05, 3.63) is 30.3 Å². The summed E-state index contributed by atoms with van der Waals surface area (Å²) in [6, 6.07) is 9.39. The van der Waals surface area contributed by atoms with E-state index in [1.807, 2.05) is 30.3 Å². The molecule has 1 aliphatic carbocycles. The van der Waals surface area contributed by atoms with Crippen molar-refractivity contribution in [2.45, 2.75) is 57.8 Å². The standard InChI is InChI=1S/C23H32N2O4/c26-21(17-29-22(27)12-11-18-7-3-1-4-8-18)25-15-13-19(14-16-25)23(28)24-20-9-5-2-6-10-20/h2,5-6,9-10,18-19H,1,3-4,7-8,11-17H2,(H,24,28). The molecular formula is C23H32N2O4. The second-order valence-electron chi connectivity index (χ2n) is 8.21. The zero-order chi connectivity index (χ0) is 20.5. The zero-order valence-electron chi connectivity index (χ0n) is 17.1. The minimum absolute atomic E-state index is 0.00237. The Bertz CT molecular complexity index is 677. The highest BCUT2D eigenvalue weighted by molar-refractivity contribution is 5.92. The van der Waals surface area contributed by atoms with E-state index in [1.54, 1.807) is 4.90 Å². The summed E-state index contributed by atoms with van der Waals surface area (Å²) in [7, 11) is 0. The van der Waals surface area contributed by atoms with Crippen molar-refractivity contribution in [2.24, 2.45) is 11.8 Å². The topological polar surface area (TPSA) is 75.7 Å². The average Bonchev–Trinajstić information content (AvgIpc) is 2.77. The number of para-hydroxylation sites is 1. The van der Waals surface area contributed by atoms with Crippen LogP contribution in [-0.2, 0) is 19.1 Å². The van der Waals surface area contributed by atoms with E-state index in [2.05, 4.69) is 5.32 Å². The highest BCUT2D eigenvalue weighted by Crippen LogP contribution is 2.27. The number of nitrogens with one attached hydrogen (secondary N) is 1. The fourth-order valence-corrected chi connectivity index (χ4v) is 4.26. The molecule has 1 aliphatic heterocycles. The molecule has 2 aliphatic rings. The minimum Gasteiger partial charge on any atom is -0.456 e. The number of carbonyl (C=O) groups is 3. The van der Waals surface area contributed by atoms with Gasteiger partial charge in [0.05, 0.1) is 0 Å². The van der Waals surface area contributed by atoms with Crippen LogP contribution in [0.15, 0.2) is 30.3 Å². The first-order valence-electron chi connectivity index (χ1n) is 10.9. The van der Waals surface area contributed by atoms with E-state index in [9.17, 15) is 14.4 Å². The van der Waals surface area contributed by atoms with Crippen molar-refractivity contribution >= 4 is 23.5 Å². The molecule has 2 amide bonds. The van der Waals surface area contributed by atoms with E-state index < -0.39 is 0 Å². The Hall–Kier alpha value is -2.37. The second kappa shape index (κ2) is 11.0. The van der Waals surface area contributed by atoms with E-state index in [0.717, 1.165) is 12.1 Å². The molecule has 1 aromatic carbocycles. The normalized spacial score (nSPS) is 18.3. The Labute approximate surface area is 173 Å². The fraction of sp³-hybridized carbons (Fsp3) is 0.609. The van der Waals surface area contributed by atoms with E-state index in [0.29, 0.717) is 38.3 Å². The molecule has 1 saturated heterocycles. The molecule has 158 valence electrons. The molecule has 2 fully saturated rings. The smallest absolute Gasteiger partial charge is 0.306 e. The number of likely N-dealkylation sites (tertiary alicyclic amines) is 1. The number of hydrogen-bond donors (Lipinski definition) is 1. The summed E-state index contributed by atoms with van der Waals surface area (Å²) in [6.07, 6.45) is 8.77. The lowest BCUT2D eigenvalue weighted by molar-refractivity contribution is -0.153. The van der Waals surface area contributed by atoms with Gasteiger partial charge < -0.3 is 15.0 Å². The highest BCUT2D eigenvalue weighted by Gasteiger charge is 2.28. The lowest BCUT2D eigenvalue weighted by atomic mass is 9.86. The van der Waals surface area contributed by atoms with Gasteiger partial charge in [-0.1, -0.05) is 50.3 Å². The molecular weight excluding hydrogens is 368 g/mol. The third kappa shape index (κ3) is 6.87. The van der Waals surface area contributed by atoms with Gasteiger partial charge in [0.15, 0.2) is 6.61 Å². The summed E-state index contributed by atoms with van der Waals surface area (Å²) in [6.45, 7) is 0.848.